The van der Waals surface area contributed by atoms with Crippen LogP contribution < -0.4 is 18.9 Å². The molecule has 0 bridgehead atoms. The molecular formula is C36H36N4O6. The van der Waals surface area contributed by atoms with E-state index in [9.17, 15) is 0 Å². The highest BCUT2D eigenvalue weighted by Gasteiger charge is 2.15. The highest BCUT2D eigenvalue weighted by atomic mass is 16.6. The quantitative estimate of drug-likeness (QED) is 0.221. The van der Waals surface area contributed by atoms with E-state index in [-0.39, 0.29) is 0 Å². The van der Waals surface area contributed by atoms with E-state index >= 15 is 0 Å². The lowest BCUT2D eigenvalue weighted by atomic mass is 10.2. The van der Waals surface area contributed by atoms with Crippen LogP contribution >= 0.6 is 0 Å². The highest BCUT2D eigenvalue weighted by Crippen LogP contribution is 2.34. The second kappa shape index (κ2) is 13.5. The number of fused-ring (bicyclic) bond motifs is 4. The van der Waals surface area contributed by atoms with Gasteiger partial charge in [0.15, 0.2) is 23.0 Å². The number of rotatable bonds is 2. The number of aryl methyl sites for hydroxylation is 2. The van der Waals surface area contributed by atoms with Gasteiger partial charge in [0.05, 0.1) is 48.5 Å². The van der Waals surface area contributed by atoms with Crippen molar-refractivity contribution < 1.29 is 28.4 Å². The fraction of sp³-hybridized carbons (Fsp3) is 0.278. The molecule has 236 valence electrons. The Kier molecular flexibility index (Phi) is 8.71. The van der Waals surface area contributed by atoms with Crippen LogP contribution in [0.15, 0.2) is 72.8 Å². The van der Waals surface area contributed by atoms with Gasteiger partial charge in [-0.3, -0.25) is 0 Å². The summed E-state index contributed by atoms with van der Waals surface area (Å²) in [6.07, 6.45) is 0. The number of nitrogens with one attached hydrogen (secondary N) is 2. The minimum atomic E-state index is 0.338. The normalized spacial score (nSPS) is 15.0. The Morgan fingerprint density at radius 3 is 1.30 bits per heavy atom. The van der Waals surface area contributed by atoms with E-state index in [1.54, 1.807) is 0 Å². The van der Waals surface area contributed by atoms with Gasteiger partial charge in [-0.1, -0.05) is 24.3 Å². The second-order valence-corrected chi connectivity index (χ2v) is 11.1. The summed E-state index contributed by atoms with van der Waals surface area (Å²) in [4.78, 5) is 16.5. The lowest BCUT2D eigenvalue weighted by Gasteiger charge is -2.16. The van der Waals surface area contributed by atoms with Gasteiger partial charge in [0.25, 0.3) is 0 Å². The smallest absolute Gasteiger partial charge is 0.162 e. The molecule has 0 saturated carbocycles. The number of hydrogen-bond acceptors (Lipinski definition) is 8. The van der Waals surface area contributed by atoms with E-state index in [2.05, 4.69) is 35.9 Å². The molecule has 6 aromatic rings. The Morgan fingerprint density at radius 2 is 0.891 bits per heavy atom. The number of hydrogen-bond donors (Lipinski definition) is 2. The van der Waals surface area contributed by atoms with Crippen LogP contribution in [0.4, 0.5) is 0 Å². The number of nitrogens with zero attached hydrogens (tertiary/aromatic N) is 2. The number of H-pyrrole nitrogens is 2. The molecule has 0 radical (unpaired) electrons. The van der Waals surface area contributed by atoms with Crippen LogP contribution in [0.5, 0.6) is 23.0 Å². The van der Waals surface area contributed by atoms with E-state index in [1.165, 1.54) is 0 Å². The van der Waals surface area contributed by atoms with Gasteiger partial charge in [-0.25, -0.2) is 9.97 Å². The van der Waals surface area contributed by atoms with Crippen LogP contribution in [0.25, 0.3) is 44.8 Å². The maximum Gasteiger partial charge on any atom is 0.162 e. The fourth-order valence-corrected chi connectivity index (χ4v) is 5.45. The van der Waals surface area contributed by atoms with Crippen molar-refractivity contribution >= 4 is 22.1 Å². The van der Waals surface area contributed by atoms with Crippen LogP contribution in [-0.4, -0.2) is 72.8 Å². The topological polar surface area (TPSA) is 113 Å². The van der Waals surface area contributed by atoms with E-state index < -0.39 is 0 Å². The van der Waals surface area contributed by atoms with Crippen molar-refractivity contribution in [2.24, 2.45) is 0 Å². The van der Waals surface area contributed by atoms with Crippen molar-refractivity contribution in [2.45, 2.75) is 13.8 Å². The van der Waals surface area contributed by atoms with Crippen molar-refractivity contribution in [1.82, 2.24) is 19.9 Å². The molecule has 3 heterocycles. The molecule has 4 aromatic carbocycles. The first kappa shape index (κ1) is 29.6. The molecule has 7 rings (SSSR count). The summed E-state index contributed by atoms with van der Waals surface area (Å²) in [5.74, 6) is 4.02. The zero-order valence-electron chi connectivity index (χ0n) is 25.9. The minimum Gasteiger partial charge on any atom is -0.487 e. The maximum absolute atomic E-state index is 6.14. The summed E-state index contributed by atoms with van der Waals surface area (Å²) in [6, 6.07) is 23.8. The van der Waals surface area contributed by atoms with Gasteiger partial charge in [0.2, 0.25) is 0 Å². The number of aromatic nitrogens is 4. The monoisotopic (exact) mass is 620 g/mol. The van der Waals surface area contributed by atoms with E-state index in [4.69, 9.17) is 38.4 Å². The summed E-state index contributed by atoms with van der Waals surface area (Å²) in [6.45, 7) is 7.04. The summed E-state index contributed by atoms with van der Waals surface area (Å²) in [5, 5.41) is 0. The second-order valence-electron chi connectivity index (χ2n) is 11.1. The molecule has 1 aliphatic rings. The molecule has 0 saturated heterocycles. The van der Waals surface area contributed by atoms with Crippen LogP contribution in [0, 0.1) is 13.8 Å². The lowest BCUT2D eigenvalue weighted by molar-refractivity contribution is 0.0640. The van der Waals surface area contributed by atoms with Gasteiger partial charge in [-0.05, 0) is 73.5 Å². The standard InChI is InChI=1S/C36H36N4O6/c1-23-5-3-7-27-33(23)39-35(37-27)25-9-11-29-31(21-25)45-19-15-42-16-20-46-32-22-26(10-12-30(32)44-18-14-41-13-17-43-29)36-38-28-8-4-6-24(2)34(28)40-36/h3-12,21-22H,13-20H2,1-2H3,(H,37,39)(H,38,40). The first-order valence-corrected chi connectivity index (χ1v) is 15.5. The zero-order chi connectivity index (χ0) is 31.3. The van der Waals surface area contributed by atoms with E-state index in [0.717, 1.165) is 56.0 Å². The predicted molar refractivity (Wildman–Crippen MR) is 176 cm³/mol. The van der Waals surface area contributed by atoms with Gasteiger partial charge in [-0.15, -0.1) is 0 Å². The molecule has 46 heavy (non-hydrogen) atoms. The molecule has 0 unspecified atom stereocenters. The van der Waals surface area contributed by atoms with Crippen molar-refractivity contribution in [1.29, 1.82) is 0 Å². The number of ether oxygens (including phenoxy) is 6. The first-order valence-electron chi connectivity index (χ1n) is 15.5. The van der Waals surface area contributed by atoms with Gasteiger partial charge in [0.1, 0.15) is 38.1 Å². The van der Waals surface area contributed by atoms with Gasteiger partial charge in [-0.2, -0.15) is 0 Å². The van der Waals surface area contributed by atoms with Crippen molar-refractivity contribution in [3.63, 3.8) is 0 Å². The van der Waals surface area contributed by atoms with Gasteiger partial charge < -0.3 is 38.4 Å². The average Bonchev–Trinajstić information content (AvgIpc) is 3.71. The summed E-state index contributed by atoms with van der Waals surface area (Å²) < 4.78 is 36.0. The summed E-state index contributed by atoms with van der Waals surface area (Å²) in [5.41, 5.74) is 7.93. The SMILES string of the molecule is Cc1cccc2[nH]c(-c3ccc4c(c3)OCCOCCOc3cc(-c5nc6c(C)cccc6[nH]5)ccc3OCCOCCO4)nc12. The summed E-state index contributed by atoms with van der Waals surface area (Å²) >= 11 is 0. The molecule has 1 aliphatic heterocycles. The molecule has 2 N–H and O–H groups in total. The van der Waals surface area contributed by atoms with Crippen LogP contribution in [-0.2, 0) is 9.47 Å². The third-order valence-corrected chi connectivity index (χ3v) is 7.80. The highest BCUT2D eigenvalue weighted by molar-refractivity contribution is 5.83. The van der Waals surface area contributed by atoms with Crippen molar-refractivity contribution in [3.8, 4) is 45.8 Å². The molecule has 2 aromatic heterocycles. The van der Waals surface area contributed by atoms with Gasteiger partial charge >= 0.3 is 0 Å². The predicted octanol–water partition coefficient (Wildman–Crippen LogP) is 6.65. The Hall–Kier alpha value is -5.06. The lowest BCUT2D eigenvalue weighted by Crippen LogP contribution is -2.15. The Morgan fingerprint density at radius 1 is 0.478 bits per heavy atom. The molecule has 0 spiro atoms. The number of benzene rings is 4. The Labute approximate surface area is 266 Å². The Bertz CT molecular complexity index is 1830. The summed E-state index contributed by atoms with van der Waals surface area (Å²) in [7, 11) is 0. The van der Waals surface area contributed by atoms with Crippen LogP contribution in [0.3, 0.4) is 0 Å². The number of para-hydroxylation sites is 2. The van der Waals surface area contributed by atoms with Crippen LogP contribution in [0.2, 0.25) is 0 Å². The molecule has 10 heteroatoms. The maximum atomic E-state index is 6.14. The molecule has 0 amide bonds. The zero-order valence-corrected chi connectivity index (χ0v) is 25.9. The molecule has 0 fully saturated rings. The van der Waals surface area contributed by atoms with Crippen LogP contribution in [0.1, 0.15) is 11.1 Å². The minimum absolute atomic E-state index is 0.338. The van der Waals surface area contributed by atoms with Crippen molar-refractivity contribution in [2.75, 3.05) is 52.9 Å². The molecule has 0 aliphatic carbocycles. The fourth-order valence-electron chi connectivity index (χ4n) is 5.45. The molecular weight excluding hydrogens is 584 g/mol. The largest absolute Gasteiger partial charge is 0.487 e. The van der Waals surface area contributed by atoms with Gasteiger partial charge in [0, 0.05) is 11.1 Å². The molecule has 0 atom stereocenters. The first-order chi connectivity index (χ1) is 22.6. The van der Waals surface area contributed by atoms with E-state index in [0.29, 0.717) is 75.9 Å². The molecule has 10 nitrogen and oxygen atoms in total. The number of aromatic amines is 2. The average molecular weight is 621 g/mol. The third-order valence-electron chi connectivity index (χ3n) is 7.80. The number of imidazole rings is 2. The Balaban J connectivity index is 1.04. The third kappa shape index (κ3) is 6.49. The van der Waals surface area contributed by atoms with Crippen molar-refractivity contribution in [3.05, 3.63) is 83.9 Å². The van der Waals surface area contributed by atoms with E-state index in [1.807, 2.05) is 60.7 Å².